The summed E-state index contributed by atoms with van der Waals surface area (Å²) in [6.45, 7) is 2.10. The fourth-order valence-corrected chi connectivity index (χ4v) is 1.48. The number of carbonyl (C=O) groups excluding carboxylic acids is 2. The second-order valence-corrected chi connectivity index (χ2v) is 3.85. The Balaban J connectivity index is 2.79. The number of hydrogen-bond acceptors (Lipinski definition) is 3. The van der Waals surface area contributed by atoms with Gasteiger partial charge in [0, 0.05) is 18.2 Å². The molecule has 0 radical (unpaired) electrons. The van der Waals surface area contributed by atoms with E-state index in [0.717, 1.165) is 19.3 Å². The molecular formula is C14H17NO3. The van der Waals surface area contributed by atoms with Crippen molar-refractivity contribution in [2.24, 2.45) is 0 Å². The second kappa shape index (κ2) is 7.33. The fraction of sp³-hybridized carbons (Fsp3) is 0.429. The monoisotopic (exact) mass is 247 g/mol. The van der Waals surface area contributed by atoms with Crippen molar-refractivity contribution in [1.29, 1.82) is 0 Å². The molecule has 1 aliphatic heterocycles. The summed E-state index contributed by atoms with van der Waals surface area (Å²) in [6.07, 6.45) is 7.94. The van der Waals surface area contributed by atoms with Crippen LogP contribution in [0, 0.1) is 11.8 Å². The maximum Gasteiger partial charge on any atom is 0.414 e. The van der Waals surface area contributed by atoms with Gasteiger partial charge in [0.2, 0.25) is 0 Å². The third-order valence-corrected chi connectivity index (χ3v) is 2.49. The zero-order valence-electron chi connectivity index (χ0n) is 10.7. The van der Waals surface area contributed by atoms with Crippen molar-refractivity contribution in [3.05, 3.63) is 23.9 Å². The van der Waals surface area contributed by atoms with Crippen LogP contribution in [0.5, 0.6) is 0 Å². The van der Waals surface area contributed by atoms with Crippen molar-refractivity contribution in [2.45, 2.75) is 32.2 Å². The third kappa shape index (κ3) is 3.77. The second-order valence-electron chi connectivity index (χ2n) is 3.85. The van der Waals surface area contributed by atoms with Crippen molar-refractivity contribution < 1.29 is 14.3 Å². The van der Waals surface area contributed by atoms with Gasteiger partial charge < -0.3 is 4.74 Å². The molecule has 0 saturated heterocycles. The van der Waals surface area contributed by atoms with Crippen molar-refractivity contribution >= 4 is 12.4 Å². The van der Waals surface area contributed by atoms with Crippen LogP contribution < -0.4 is 0 Å². The number of hydrogen-bond donors (Lipinski definition) is 0. The van der Waals surface area contributed by atoms with E-state index in [1.807, 2.05) is 0 Å². The molecule has 0 fully saturated rings. The molecule has 0 aromatic rings. The summed E-state index contributed by atoms with van der Waals surface area (Å²) >= 11 is 0. The van der Waals surface area contributed by atoms with Crippen LogP contribution in [0.15, 0.2) is 23.9 Å². The molecule has 0 aromatic heterocycles. The van der Waals surface area contributed by atoms with Gasteiger partial charge in [-0.05, 0) is 12.5 Å². The van der Waals surface area contributed by atoms with Gasteiger partial charge in [-0.1, -0.05) is 25.3 Å². The normalized spacial score (nSPS) is 17.6. The van der Waals surface area contributed by atoms with Crippen LogP contribution >= 0.6 is 0 Å². The van der Waals surface area contributed by atoms with E-state index < -0.39 is 6.09 Å². The van der Waals surface area contributed by atoms with E-state index in [1.165, 1.54) is 18.2 Å². The van der Waals surface area contributed by atoms with E-state index in [0.29, 0.717) is 11.9 Å². The molecule has 4 nitrogen and oxygen atoms in total. The summed E-state index contributed by atoms with van der Waals surface area (Å²) in [6, 6.07) is -0.363. The number of aldehydes is 1. The van der Waals surface area contributed by atoms with E-state index in [1.54, 1.807) is 12.2 Å². The van der Waals surface area contributed by atoms with E-state index in [4.69, 9.17) is 0 Å². The number of nitrogens with zero attached hydrogens (tertiary/aromatic N) is 1. The van der Waals surface area contributed by atoms with Gasteiger partial charge in [-0.15, -0.1) is 5.92 Å². The maximum atomic E-state index is 11.6. The van der Waals surface area contributed by atoms with Crippen LogP contribution in [0.25, 0.3) is 0 Å². The Morgan fingerprint density at radius 1 is 1.61 bits per heavy atom. The standard InChI is InChI=1S/C14H17NO3/c1-3-4-5-6-7-13-9-8-12(11-16)10-15(13)14(17)18-2/h8-11,13H,3-5H2,1-2H3. The largest absolute Gasteiger partial charge is 0.452 e. The lowest BCUT2D eigenvalue weighted by Crippen LogP contribution is -2.36. The van der Waals surface area contributed by atoms with Crippen LogP contribution in [0.4, 0.5) is 4.79 Å². The molecule has 0 aliphatic carbocycles. The van der Waals surface area contributed by atoms with Gasteiger partial charge in [0.25, 0.3) is 0 Å². The molecule has 1 aliphatic rings. The van der Waals surface area contributed by atoms with Gasteiger partial charge in [-0.3, -0.25) is 9.69 Å². The van der Waals surface area contributed by atoms with Crippen LogP contribution in [-0.4, -0.2) is 30.4 Å². The molecule has 1 amide bonds. The molecule has 1 atom stereocenters. The number of amides is 1. The molecule has 0 saturated carbocycles. The number of ether oxygens (including phenoxy) is 1. The molecule has 1 rings (SSSR count). The quantitative estimate of drug-likeness (QED) is 0.436. The Kier molecular flexibility index (Phi) is 5.72. The van der Waals surface area contributed by atoms with Crippen LogP contribution in [0.2, 0.25) is 0 Å². The van der Waals surface area contributed by atoms with E-state index >= 15 is 0 Å². The summed E-state index contributed by atoms with van der Waals surface area (Å²) in [7, 11) is 1.30. The van der Waals surface area contributed by atoms with Crippen molar-refractivity contribution in [3.63, 3.8) is 0 Å². The Morgan fingerprint density at radius 2 is 2.39 bits per heavy atom. The molecule has 1 unspecified atom stereocenters. The highest BCUT2D eigenvalue weighted by molar-refractivity contribution is 5.81. The molecule has 4 heteroatoms. The molecule has 1 heterocycles. The van der Waals surface area contributed by atoms with Gasteiger partial charge >= 0.3 is 6.09 Å². The predicted octanol–water partition coefficient (Wildman–Crippen LogP) is 2.27. The highest BCUT2D eigenvalue weighted by Gasteiger charge is 2.22. The zero-order valence-corrected chi connectivity index (χ0v) is 10.7. The minimum Gasteiger partial charge on any atom is -0.452 e. The minimum atomic E-state index is -0.520. The van der Waals surface area contributed by atoms with E-state index in [-0.39, 0.29) is 6.04 Å². The summed E-state index contributed by atoms with van der Waals surface area (Å²) in [4.78, 5) is 23.6. The number of allylic oxidation sites excluding steroid dienone is 2. The average Bonchev–Trinajstić information content (AvgIpc) is 2.42. The van der Waals surface area contributed by atoms with Gasteiger partial charge in [0.05, 0.1) is 7.11 Å². The smallest absolute Gasteiger partial charge is 0.414 e. The number of methoxy groups -OCH3 is 1. The lowest BCUT2D eigenvalue weighted by Gasteiger charge is -2.24. The van der Waals surface area contributed by atoms with Crippen LogP contribution in [0.3, 0.4) is 0 Å². The first-order valence-electron chi connectivity index (χ1n) is 5.92. The van der Waals surface area contributed by atoms with Gasteiger partial charge in [0.15, 0.2) is 6.29 Å². The van der Waals surface area contributed by atoms with E-state index in [2.05, 4.69) is 23.5 Å². The Labute approximate surface area is 107 Å². The third-order valence-electron chi connectivity index (χ3n) is 2.49. The summed E-state index contributed by atoms with van der Waals surface area (Å²) in [5.41, 5.74) is 0.423. The first-order valence-corrected chi connectivity index (χ1v) is 5.92. The average molecular weight is 247 g/mol. The Morgan fingerprint density at radius 3 is 3.00 bits per heavy atom. The van der Waals surface area contributed by atoms with E-state index in [9.17, 15) is 9.59 Å². The zero-order chi connectivity index (χ0) is 13.4. The summed E-state index contributed by atoms with van der Waals surface area (Å²) in [5, 5.41) is 0. The van der Waals surface area contributed by atoms with Gasteiger partial charge in [0.1, 0.15) is 6.04 Å². The van der Waals surface area contributed by atoms with Crippen molar-refractivity contribution in [3.8, 4) is 11.8 Å². The highest BCUT2D eigenvalue weighted by atomic mass is 16.5. The SMILES string of the molecule is CCCCC#CC1C=CC(C=O)=CN1C(=O)OC. The topological polar surface area (TPSA) is 46.6 Å². The first kappa shape index (κ1) is 14.0. The highest BCUT2D eigenvalue weighted by Crippen LogP contribution is 2.13. The minimum absolute atomic E-state index is 0.363. The number of carbonyl (C=O) groups is 2. The first-order chi connectivity index (χ1) is 8.72. The molecule has 0 bridgehead atoms. The lowest BCUT2D eigenvalue weighted by atomic mass is 10.1. The van der Waals surface area contributed by atoms with Crippen molar-refractivity contribution in [2.75, 3.05) is 7.11 Å². The molecule has 96 valence electrons. The molecular weight excluding hydrogens is 230 g/mol. The van der Waals surface area contributed by atoms with Crippen molar-refractivity contribution in [1.82, 2.24) is 4.90 Å². The van der Waals surface area contributed by atoms with Gasteiger partial charge in [-0.2, -0.15) is 0 Å². The molecule has 0 aromatic carbocycles. The summed E-state index contributed by atoms with van der Waals surface area (Å²) < 4.78 is 4.67. The Hall–Kier alpha value is -2.02. The lowest BCUT2D eigenvalue weighted by molar-refractivity contribution is -0.104. The Bertz CT molecular complexity index is 426. The maximum absolute atomic E-state index is 11.6. The van der Waals surface area contributed by atoms with Crippen LogP contribution in [-0.2, 0) is 9.53 Å². The van der Waals surface area contributed by atoms with Crippen LogP contribution in [0.1, 0.15) is 26.2 Å². The number of unbranched alkanes of at least 4 members (excludes halogenated alkanes) is 2. The fourth-order valence-electron chi connectivity index (χ4n) is 1.48. The predicted molar refractivity (Wildman–Crippen MR) is 68.6 cm³/mol. The molecule has 0 N–H and O–H groups in total. The summed E-state index contributed by atoms with van der Waals surface area (Å²) in [5.74, 6) is 6.02. The van der Waals surface area contributed by atoms with Gasteiger partial charge in [-0.25, -0.2) is 4.79 Å². The molecule has 18 heavy (non-hydrogen) atoms. The number of rotatable bonds is 3. The molecule has 0 spiro atoms.